The average molecular weight is 649 g/mol. The fourth-order valence-electron chi connectivity index (χ4n) is 2.06. The molecule has 0 aliphatic heterocycles. The first-order valence-electron chi connectivity index (χ1n) is 10.3. The van der Waals surface area contributed by atoms with E-state index >= 15 is 0 Å². The zero-order valence-electron chi connectivity index (χ0n) is 21.3. The number of nitriles is 2. The van der Waals surface area contributed by atoms with Crippen molar-refractivity contribution < 1.29 is 74.8 Å². The van der Waals surface area contributed by atoms with E-state index in [2.05, 4.69) is 19.9 Å². The van der Waals surface area contributed by atoms with Gasteiger partial charge in [0, 0.05) is 38.6 Å². The molecule has 0 spiro atoms. The predicted molar refractivity (Wildman–Crippen MR) is 118 cm³/mol. The van der Waals surface area contributed by atoms with E-state index in [4.69, 9.17) is 47.8 Å². The molecule has 218 valence electrons. The first-order valence-corrected chi connectivity index (χ1v) is 12.7. The molecule has 4 heterocycles. The third-order valence-corrected chi connectivity index (χ3v) is 3.18. The summed E-state index contributed by atoms with van der Waals surface area (Å²) in [5.74, 6) is 0. The molecule has 0 aliphatic rings. The van der Waals surface area contributed by atoms with E-state index in [0.29, 0.717) is 0 Å². The monoisotopic (exact) mass is 648 g/mol. The van der Waals surface area contributed by atoms with Crippen LogP contribution in [0.25, 0.3) is 22.8 Å². The summed E-state index contributed by atoms with van der Waals surface area (Å²) in [6.07, 6.45) is 7.07. The molecule has 0 aromatic carbocycles. The van der Waals surface area contributed by atoms with Gasteiger partial charge in [0.15, 0.2) is 0 Å². The normalized spacial score (nSPS) is 8.98. The Bertz CT molecular complexity index is 1040. The average Bonchev–Trinajstić information content (AvgIpc) is 2.90. The zero-order chi connectivity index (χ0) is 30.9. The molecule has 4 rings (SSSR count). The van der Waals surface area contributed by atoms with E-state index in [1.165, 1.54) is 13.8 Å². The van der Waals surface area contributed by atoms with Crippen LogP contribution in [0.1, 0.15) is 13.8 Å². The first kappa shape index (κ1) is 41.8. The Morgan fingerprint density at radius 3 is 0.707 bits per heavy atom. The number of hydrogen-bond donors (Lipinski definition) is 0. The van der Waals surface area contributed by atoms with Crippen molar-refractivity contribution in [2.24, 2.45) is 0 Å². The van der Waals surface area contributed by atoms with Crippen LogP contribution in [-0.2, 0) is 17.1 Å². The molecule has 0 fully saturated rings. The van der Waals surface area contributed by atoms with Gasteiger partial charge in [0.05, 0.1) is 34.9 Å². The minimum absolute atomic E-state index is 0. The molecule has 0 saturated heterocycles. The van der Waals surface area contributed by atoms with Gasteiger partial charge in [-0.15, -0.1) is 20.5 Å². The molecule has 0 radical (unpaired) electrons. The van der Waals surface area contributed by atoms with Crippen LogP contribution in [0.3, 0.4) is 0 Å². The van der Waals surface area contributed by atoms with Crippen LogP contribution in [0.2, 0.25) is 0 Å². The van der Waals surface area contributed by atoms with E-state index in [-0.39, 0.29) is 17.1 Å². The van der Waals surface area contributed by atoms with Gasteiger partial charge in [-0.05, 0) is 48.5 Å². The summed E-state index contributed by atoms with van der Waals surface area (Å²) in [4.78, 5) is 16.7. The largest absolute Gasteiger partial charge is 2.00 e. The van der Waals surface area contributed by atoms with E-state index in [9.17, 15) is 0 Å². The van der Waals surface area contributed by atoms with Crippen LogP contribution in [0.5, 0.6) is 0 Å². The maximum absolute atomic E-state index is 8.49. The van der Waals surface area contributed by atoms with Gasteiger partial charge in [0.1, 0.15) is 0 Å². The summed E-state index contributed by atoms with van der Waals surface area (Å²) in [6, 6.07) is 26.7. The molecule has 0 N–H and O–H groups in total. The maximum Gasteiger partial charge on any atom is 2.00 e. The second-order valence-electron chi connectivity index (χ2n) is 6.06. The molecule has 0 unspecified atom stereocenters. The molecule has 4 aromatic rings. The van der Waals surface area contributed by atoms with Crippen LogP contribution >= 0.6 is 0 Å². The van der Waals surface area contributed by atoms with E-state index in [0.717, 1.165) is 22.8 Å². The van der Waals surface area contributed by atoms with Gasteiger partial charge in [-0.2, -0.15) is 10.5 Å². The fourth-order valence-corrected chi connectivity index (χ4v) is 2.06. The fraction of sp³-hybridized carbons (Fsp3) is 0.0833. The Balaban J connectivity index is -0.000000465. The maximum atomic E-state index is 8.49. The van der Waals surface area contributed by atoms with Crippen LogP contribution in [-0.4, -0.2) is 19.9 Å². The standard InChI is InChI=1S/2C10H8N2.2C2H3N.2ClHO4.Fe/c2*1-3-7-11-9(5-1)10-6-2-4-8-12-10;2*1-2-3;2*2-1(3,4)5;/h2*1-8H;2*1H3;2*(H,2,3,4,5);/q;;;;;;+2/p-2. The Morgan fingerprint density at radius 2 is 0.610 bits per heavy atom. The van der Waals surface area contributed by atoms with Crippen molar-refractivity contribution in [2.75, 3.05) is 0 Å². The van der Waals surface area contributed by atoms with Crippen LogP contribution in [0, 0.1) is 43.1 Å². The van der Waals surface area contributed by atoms with E-state index < -0.39 is 20.5 Å². The summed E-state index contributed by atoms with van der Waals surface area (Å²) in [6.45, 7) is 2.86. The number of rotatable bonds is 2. The molecule has 0 amide bonds. The Kier molecular flexibility index (Phi) is 25.9. The molecule has 0 saturated carbocycles. The van der Waals surface area contributed by atoms with Crippen LogP contribution in [0.4, 0.5) is 0 Å². The molecule has 0 aliphatic carbocycles. The van der Waals surface area contributed by atoms with Gasteiger partial charge in [-0.1, -0.05) is 24.3 Å². The minimum Gasteiger partial charge on any atom is -0.255 e. The molecule has 0 atom stereocenters. The number of nitrogens with zero attached hydrogens (tertiary/aromatic N) is 6. The van der Waals surface area contributed by atoms with Gasteiger partial charge in [0.2, 0.25) is 0 Å². The summed E-state index contributed by atoms with van der Waals surface area (Å²) >= 11 is 0. The molecule has 41 heavy (non-hydrogen) atoms. The molecule has 17 heteroatoms. The Morgan fingerprint density at radius 1 is 0.463 bits per heavy atom. The summed E-state index contributed by atoms with van der Waals surface area (Å²) < 4.78 is 67.9. The predicted octanol–water partition coefficient (Wildman–Crippen LogP) is -4.17. The van der Waals surface area contributed by atoms with Crippen LogP contribution < -0.4 is 37.3 Å². The Labute approximate surface area is 251 Å². The van der Waals surface area contributed by atoms with Crippen molar-refractivity contribution in [3.05, 3.63) is 97.6 Å². The summed E-state index contributed by atoms with van der Waals surface area (Å²) in [7, 11) is -9.89. The van der Waals surface area contributed by atoms with Crippen molar-refractivity contribution in [3.8, 4) is 34.9 Å². The minimum atomic E-state index is -4.94. The van der Waals surface area contributed by atoms with Gasteiger partial charge in [0.25, 0.3) is 0 Å². The van der Waals surface area contributed by atoms with Crippen molar-refractivity contribution in [1.29, 1.82) is 10.5 Å². The van der Waals surface area contributed by atoms with Gasteiger partial charge in [-0.25, -0.2) is 37.3 Å². The number of hydrogen-bond acceptors (Lipinski definition) is 14. The zero-order valence-corrected chi connectivity index (χ0v) is 23.9. The molecule has 14 nitrogen and oxygen atoms in total. The number of aromatic nitrogens is 4. The third-order valence-electron chi connectivity index (χ3n) is 3.18. The number of pyridine rings is 4. The van der Waals surface area contributed by atoms with Crippen molar-refractivity contribution in [3.63, 3.8) is 0 Å². The van der Waals surface area contributed by atoms with Crippen molar-refractivity contribution in [2.45, 2.75) is 13.8 Å². The quantitative estimate of drug-likeness (QED) is 0.186. The summed E-state index contributed by atoms with van der Waals surface area (Å²) in [5.41, 5.74) is 3.66. The van der Waals surface area contributed by atoms with E-state index in [1.54, 1.807) is 36.9 Å². The first-order chi connectivity index (χ1) is 18.8. The molecular formula is C24H22Cl2FeN6O8. The van der Waals surface area contributed by atoms with Crippen molar-refractivity contribution >= 4 is 0 Å². The SMILES string of the molecule is CC#N.CC#N.[Fe+2].[O-][Cl+3]([O-])([O-])[O-].[O-][Cl+3]([O-])([O-])[O-].c1ccc(-c2ccccn2)nc1.c1ccc(-c2ccccn2)nc1. The Hall–Kier alpha value is -3.64. The summed E-state index contributed by atoms with van der Waals surface area (Å²) in [5, 5.41) is 14.6. The van der Waals surface area contributed by atoms with Crippen LogP contribution in [0.15, 0.2) is 97.6 Å². The second kappa shape index (κ2) is 25.3. The van der Waals surface area contributed by atoms with Gasteiger partial charge in [-0.3, -0.25) is 19.9 Å². The van der Waals surface area contributed by atoms with Gasteiger partial charge >= 0.3 is 17.1 Å². The molecule has 4 aromatic heterocycles. The topological polar surface area (TPSA) is 284 Å². The second-order valence-corrected chi connectivity index (χ2v) is 7.57. The van der Waals surface area contributed by atoms with E-state index in [1.807, 2.05) is 72.8 Å². The molecule has 0 bridgehead atoms. The van der Waals surface area contributed by atoms with Crippen molar-refractivity contribution in [1.82, 2.24) is 19.9 Å². The van der Waals surface area contributed by atoms with Gasteiger partial charge < -0.3 is 0 Å². The number of halogens is 2. The molecular weight excluding hydrogens is 627 g/mol. The third kappa shape index (κ3) is 32.5. The smallest absolute Gasteiger partial charge is 0.255 e.